The Morgan fingerprint density at radius 3 is 2.47 bits per heavy atom. The molecule has 0 aliphatic carbocycles. The van der Waals surface area contributed by atoms with Crippen LogP contribution in [0.2, 0.25) is 0 Å². The van der Waals surface area contributed by atoms with Crippen LogP contribution in [-0.2, 0) is 14.3 Å². The number of amides is 1. The minimum atomic E-state index is -0.504. The molecule has 17 heavy (non-hydrogen) atoms. The van der Waals surface area contributed by atoms with Gasteiger partial charge in [0.15, 0.2) is 0 Å². The molecule has 0 aliphatic rings. The van der Waals surface area contributed by atoms with Crippen molar-refractivity contribution in [1.29, 1.82) is 0 Å². The topological polar surface area (TPSA) is 64.6 Å². The maximum atomic E-state index is 11.6. The Hall–Kier alpha value is -2.04. The smallest absolute Gasteiger partial charge is 0.314 e. The summed E-state index contributed by atoms with van der Waals surface area (Å²) in [5, 5.41) is 2.48. The first-order valence-electron chi connectivity index (χ1n) is 5.11. The van der Waals surface area contributed by atoms with Crippen LogP contribution in [0.1, 0.15) is 11.5 Å². The molecule has 0 saturated heterocycles. The maximum Gasteiger partial charge on any atom is 0.314 e. The van der Waals surface area contributed by atoms with E-state index < -0.39 is 5.92 Å². The Bertz CT molecular complexity index is 375. The lowest BCUT2D eigenvalue weighted by molar-refractivity contribution is -0.142. The number of carbonyl (C=O) groups is 2. The molecule has 5 heteroatoms. The van der Waals surface area contributed by atoms with Gasteiger partial charge in [-0.25, -0.2) is 0 Å². The summed E-state index contributed by atoms with van der Waals surface area (Å²) in [6.45, 7) is 0.211. The molecule has 0 saturated carbocycles. The van der Waals surface area contributed by atoms with E-state index in [2.05, 4.69) is 5.32 Å². The molecule has 0 bridgehead atoms. The lowest BCUT2D eigenvalue weighted by Crippen LogP contribution is -2.26. The molecule has 0 aromatic heterocycles. The van der Waals surface area contributed by atoms with Gasteiger partial charge in [0.1, 0.15) is 5.75 Å². The summed E-state index contributed by atoms with van der Waals surface area (Å²) in [6, 6.07) is 7.05. The van der Waals surface area contributed by atoms with E-state index in [0.717, 1.165) is 5.56 Å². The molecule has 1 aromatic rings. The van der Waals surface area contributed by atoms with Gasteiger partial charge in [-0.1, -0.05) is 12.1 Å². The first kappa shape index (κ1) is 13.0. The van der Waals surface area contributed by atoms with Crippen LogP contribution in [0.25, 0.3) is 0 Å². The van der Waals surface area contributed by atoms with Crippen molar-refractivity contribution in [3.8, 4) is 5.75 Å². The average Bonchev–Trinajstić information content (AvgIpc) is 2.39. The molecule has 1 aromatic carbocycles. The molecule has 1 atom stereocenters. The van der Waals surface area contributed by atoms with E-state index in [9.17, 15) is 9.59 Å². The van der Waals surface area contributed by atoms with Crippen molar-refractivity contribution in [2.24, 2.45) is 0 Å². The van der Waals surface area contributed by atoms with Gasteiger partial charge in [-0.2, -0.15) is 0 Å². The van der Waals surface area contributed by atoms with Crippen molar-refractivity contribution in [1.82, 2.24) is 5.32 Å². The summed E-state index contributed by atoms with van der Waals surface area (Å²) < 4.78 is 9.72. The van der Waals surface area contributed by atoms with Crippen LogP contribution in [0.15, 0.2) is 24.3 Å². The molecule has 1 unspecified atom stereocenters. The highest BCUT2D eigenvalue weighted by atomic mass is 16.5. The highest BCUT2D eigenvalue weighted by molar-refractivity contribution is 5.78. The Morgan fingerprint density at radius 1 is 1.35 bits per heavy atom. The molecular formula is C12H15NO4. The number of hydrogen-bond acceptors (Lipinski definition) is 4. The van der Waals surface area contributed by atoms with Gasteiger partial charge in [-0.15, -0.1) is 0 Å². The van der Waals surface area contributed by atoms with Gasteiger partial charge in [0.25, 0.3) is 0 Å². The monoisotopic (exact) mass is 237 g/mol. The largest absolute Gasteiger partial charge is 0.497 e. The number of benzene rings is 1. The van der Waals surface area contributed by atoms with Gasteiger partial charge in [-0.3, -0.25) is 9.59 Å². The molecule has 5 nitrogen and oxygen atoms in total. The van der Waals surface area contributed by atoms with E-state index in [1.165, 1.54) is 7.11 Å². The SMILES string of the molecule is COC(=O)C(CNC=O)c1ccc(OC)cc1. The second-order valence-corrected chi connectivity index (χ2v) is 3.38. The Balaban J connectivity index is 2.86. The average molecular weight is 237 g/mol. The zero-order chi connectivity index (χ0) is 12.7. The molecular weight excluding hydrogens is 222 g/mol. The zero-order valence-corrected chi connectivity index (χ0v) is 9.80. The lowest BCUT2D eigenvalue weighted by Gasteiger charge is -2.14. The number of rotatable bonds is 6. The zero-order valence-electron chi connectivity index (χ0n) is 9.80. The second kappa shape index (κ2) is 6.52. The van der Waals surface area contributed by atoms with Crippen molar-refractivity contribution in [2.75, 3.05) is 20.8 Å². The minimum absolute atomic E-state index is 0.211. The summed E-state index contributed by atoms with van der Waals surface area (Å²) >= 11 is 0. The predicted molar refractivity (Wildman–Crippen MR) is 61.8 cm³/mol. The van der Waals surface area contributed by atoms with Crippen molar-refractivity contribution in [3.05, 3.63) is 29.8 Å². The summed E-state index contributed by atoms with van der Waals surface area (Å²) in [5.41, 5.74) is 0.770. The standard InChI is InChI=1S/C12H15NO4/c1-16-10-5-3-9(4-6-10)11(7-13-8-14)12(15)17-2/h3-6,8,11H,7H2,1-2H3,(H,13,14). The molecule has 1 amide bonds. The minimum Gasteiger partial charge on any atom is -0.497 e. The molecule has 1 rings (SSSR count). The summed E-state index contributed by atoms with van der Waals surface area (Å²) in [6.07, 6.45) is 0.555. The van der Waals surface area contributed by atoms with Crippen molar-refractivity contribution < 1.29 is 19.1 Å². The number of hydrogen-bond donors (Lipinski definition) is 1. The van der Waals surface area contributed by atoms with Crippen LogP contribution in [0.4, 0.5) is 0 Å². The highest BCUT2D eigenvalue weighted by Gasteiger charge is 2.20. The summed E-state index contributed by atoms with van der Waals surface area (Å²) in [5.74, 6) is -0.179. The van der Waals surface area contributed by atoms with Gasteiger partial charge in [0, 0.05) is 6.54 Å². The fourth-order valence-electron chi connectivity index (χ4n) is 1.48. The highest BCUT2D eigenvalue weighted by Crippen LogP contribution is 2.20. The number of methoxy groups -OCH3 is 2. The fraction of sp³-hybridized carbons (Fsp3) is 0.333. The van der Waals surface area contributed by atoms with Crippen molar-refractivity contribution in [3.63, 3.8) is 0 Å². The van der Waals surface area contributed by atoms with Gasteiger partial charge in [0.2, 0.25) is 6.41 Å². The third kappa shape index (κ3) is 3.48. The van der Waals surface area contributed by atoms with E-state index in [1.54, 1.807) is 31.4 Å². The van der Waals surface area contributed by atoms with E-state index in [-0.39, 0.29) is 12.5 Å². The van der Waals surface area contributed by atoms with E-state index in [0.29, 0.717) is 12.2 Å². The molecule has 0 aliphatic heterocycles. The van der Waals surface area contributed by atoms with Crippen molar-refractivity contribution in [2.45, 2.75) is 5.92 Å². The van der Waals surface area contributed by atoms with Crippen LogP contribution < -0.4 is 10.1 Å². The van der Waals surface area contributed by atoms with Gasteiger partial charge >= 0.3 is 5.97 Å². The van der Waals surface area contributed by atoms with E-state index >= 15 is 0 Å². The summed E-state index contributed by atoms with van der Waals surface area (Å²) in [7, 11) is 2.89. The van der Waals surface area contributed by atoms with Gasteiger partial charge < -0.3 is 14.8 Å². The fourth-order valence-corrected chi connectivity index (χ4v) is 1.48. The molecule has 1 N–H and O–H groups in total. The third-order valence-electron chi connectivity index (χ3n) is 2.41. The Morgan fingerprint density at radius 2 is 2.00 bits per heavy atom. The van der Waals surface area contributed by atoms with Gasteiger partial charge in [-0.05, 0) is 17.7 Å². The molecule has 0 spiro atoms. The normalized spacial score (nSPS) is 11.4. The third-order valence-corrected chi connectivity index (χ3v) is 2.41. The molecule has 92 valence electrons. The van der Waals surface area contributed by atoms with E-state index in [1.807, 2.05) is 0 Å². The van der Waals surface area contributed by atoms with Crippen LogP contribution in [0, 0.1) is 0 Å². The van der Waals surface area contributed by atoms with Crippen LogP contribution in [0.5, 0.6) is 5.75 Å². The first-order valence-corrected chi connectivity index (χ1v) is 5.11. The number of esters is 1. The molecule has 0 radical (unpaired) electrons. The molecule has 0 fully saturated rings. The maximum absolute atomic E-state index is 11.6. The second-order valence-electron chi connectivity index (χ2n) is 3.38. The van der Waals surface area contributed by atoms with E-state index in [4.69, 9.17) is 9.47 Å². The quantitative estimate of drug-likeness (QED) is 0.584. The van der Waals surface area contributed by atoms with Crippen molar-refractivity contribution >= 4 is 12.4 Å². The number of carbonyl (C=O) groups excluding carboxylic acids is 2. The first-order chi connectivity index (χ1) is 8.22. The Kier molecular flexibility index (Phi) is 5.00. The van der Waals surface area contributed by atoms with Crippen LogP contribution >= 0.6 is 0 Å². The number of ether oxygens (including phenoxy) is 2. The Labute approximate surface area is 99.7 Å². The number of nitrogens with one attached hydrogen (secondary N) is 1. The summed E-state index contributed by atoms with van der Waals surface area (Å²) in [4.78, 5) is 21.8. The predicted octanol–water partition coefficient (Wildman–Crippen LogP) is 0.698. The molecule has 0 heterocycles. The van der Waals surface area contributed by atoms with Gasteiger partial charge in [0.05, 0.1) is 20.1 Å². The van der Waals surface area contributed by atoms with Crippen LogP contribution in [0.3, 0.4) is 0 Å². The van der Waals surface area contributed by atoms with Crippen LogP contribution in [-0.4, -0.2) is 33.1 Å². The lowest BCUT2D eigenvalue weighted by atomic mass is 9.99.